The summed E-state index contributed by atoms with van der Waals surface area (Å²) < 4.78 is 9.85. The van der Waals surface area contributed by atoms with Gasteiger partial charge in [0.15, 0.2) is 12.2 Å². The fraction of sp³-hybridized carbons (Fsp3) is 0.692. The van der Waals surface area contributed by atoms with E-state index in [1.54, 1.807) is 0 Å². The zero-order chi connectivity index (χ0) is 18.3. The number of esters is 2. The summed E-state index contributed by atoms with van der Waals surface area (Å²) in [5.74, 6) is -5.52. The van der Waals surface area contributed by atoms with Gasteiger partial charge < -0.3 is 29.3 Å². The molecule has 0 aliphatic rings. The molecule has 10 nitrogen and oxygen atoms in total. The van der Waals surface area contributed by atoms with Gasteiger partial charge in [-0.15, -0.1) is 0 Å². The summed E-state index contributed by atoms with van der Waals surface area (Å²) >= 11 is 0. The van der Waals surface area contributed by atoms with E-state index >= 15 is 0 Å². The molecule has 1 unspecified atom stereocenters. The van der Waals surface area contributed by atoms with Gasteiger partial charge in [-0.2, -0.15) is 0 Å². The standard InChI is InChI=1S/C13H21NO9/c1-14(2,3)4-5-22-11(18)8-23-10(17)7-13(21,12(19)20)6-9(15)16/h21H,4-8H2,1-3H3,(H-,15,16,19,20)/p+1. The molecule has 0 saturated heterocycles. The van der Waals surface area contributed by atoms with E-state index < -0.39 is 48.9 Å². The number of hydrogen-bond donors (Lipinski definition) is 3. The maximum atomic E-state index is 11.4. The molecule has 23 heavy (non-hydrogen) atoms. The Morgan fingerprint density at radius 2 is 1.52 bits per heavy atom. The molecule has 0 fully saturated rings. The molecule has 0 aliphatic carbocycles. The maximum absolute atomic E-state index is 11.4. The Bertz CT molecular complexity index is 469. The molecule has 0 radical (unpaired) electrons. The van der Waals surface area contributed by atoms with E-state index in [0.717, 1.165) is 0 Å². The van der Waals surface area contributed by atoms with Crippen molar-refractivity contribution in [3.05, 3.63) is 0 Å². The van der Waals surface area contributed by atoms with Gasteiger partial charge >= 0.3 is 23.9 Å². The number of carboxylic acid groups (broad SMARTS) is 2. The van der Waals surface area contributed by atoms with Gasteiger partial charge in [-0.25, -0.2) is 9.59 Å². The van der Waals surface area contributed by atoms with E-state index in [-0.39, 0.29) is 6.61 Å². The van der Waals surface area contributed by atoms with Crippen molar-refractivity contribution < 1.29 is 48.5 Å². The molecule has 0 aliphatic heterocycles. The Morgan fingerprint density at radius 3 is 1.96 bits per heavy atom. The summed E-state index contributed by atoms with van der Waals surface area (Å²) in [4.78, 5) is 44.1. The number of quaternary nitrogens is 1. The first kappa shape index (κ1) is 20.8. The summed E-state index contributed by atoms with van der Waals surface area (Å²) in [6.07, 6.45) is -2.27. The van der Waals surface area contributed by atoms with Crippen LogP contribution in [-0.2, 0) is 28.7 Å². The highest BCUT2D eigenvalue weighted by Crippen LogP contribution is 2.17. The topological polar surface area (TPSA) is 147 Å². The fourth-order valence-electron chi connectivity index (χ4n) is 1.37. The number of hydrogen-bond acceptors (Lipinski definition) is 7. The number of aliphatic carboxylic acids is 2. The van der Waals surface area contributed by atoms with Gasteiger partial charge in [0.25, 0.3) is 0 Å². The molecule has 0 bridgehead atoms. The average Bonchev–Trinajstić information content (AvgIpc) is 2.33. The summed E-state index contributed by atoms with van der Waals surface area (Å²) in [7, 11) is 5.68. The molecule has 132 valence electrons. The molecule has 0 aromatic carbocycles. The van der Waals surface area contributed by atoms with Gasteiger partial charge in [0.05, 0.1) is 34.0 Å². The average molecular weight is 336 g/mol. The van der Waals surface area contributed by atoms with Crippen LogP contribution >= 0.6 is 0 Å². The lowest BCUT2D eigenvalue weighted by Gasteiger charge is -2.23. The van der Waals surface area contributed by atoms with E-state index in [1.807, 2.05) is 21.1 Å². The first-order valence-corrected chi connectivity index (χ1v) is 6.65. The van der Waals surface area contributed by atoms with Crippen molar-refractivity contribution in [2.75, 3.05) is 40.9 Å². The fourth-order valence-corrected chi connectivity index (χ4v) is 1.37. The number of ether oxygens (including phenoxy) is 2. The highest BCUT2D eigenvalue weighted by molar-refractivity contribution is 5.89. The SMILES string of the molecule is C[N+](C)(C)CCOC(=O)COC(=O)CC(O)(CC(=O)O)C(=O)O. The van der Waals surface area contributed by atoms with Crippen molar-refractivity contribution in [3.63, 3.8) is 0 Å². The number of nitrogens with zero attached hydrogens (tertiary/aromatic N) is 1. The van der Waals surface area contributed by atoms with E-state index in [2.05, 4.69) is 4.74 Å². The third-order valence-corrected chi connectivity index (χ3v) is 2.65. The smallest absolute Gasteiger partial charge is 0.344 e. The highest BCUT2D eigenvalue weighted by Gasteiger charge is 2.41. The molecule has 0 heterocycles. The van der Waals surface area contributed by atoms with E-state index in [1.165, 1.54) is 0 Å². The first-order chi connectivity index (χ1) is 10.4. The summed E-state index contributed by atoms with van der Waals surface area (Å²) in [6, 6.07) is 0. The molecule has 0 amide bonds. The molecule has 0 rings (SSSR count). The van der Waals surface area contributed by atoms with Crippen LogP contribution in [0.15, 0.2) is 0 Å². The minimum atomic E-state index is -2.80. The zero-order valence-corrected chi connectivity index (χ0v) is 13.3. The number of carboxylic acids is 2. The Kier molecular flexibility index (Phi) is 7.63. The van der Waals surface area contributed by atoms with Crippen LogP contribution in [0.5, 0.6) is 0 Å². The normalized spacial score (nSPS) is 13.7. The summed E-state index contributed by atoms with van der Waals surface area (Å²) in [5, 5.41) is 27.0. The number of aliphatic hydroxyl groups is 1. The minimum Gasteiger partial charge on any atom is -0.481 e. The van der Waals surface area contributed by atoms with Crippen LogP contribution in [0.2, 0.25) is 0 Å². The zero-order valence-electron chi connectivity index (χ0n) is 13.3. The molecule has 0 saturated carbocycles. The van der Waals surface area contributed by atoms with Crippen molar-refractivity contribution in [1.29, 1.82) is 0 Å². The minimum absolute atomic E-state index is 0.109. The number of likely N-dealkylation sites (N-methyl/N-ethyl adjacent to an activating group) is 1. The Hall–Kier alpha value is -2.20. The van der Waals surface area contributed by atoms with Crippen LogP contribution in [0.1, 0.15) is 12.8 Å². The van der Waals surface area contributed by atoms with Crippen LogP contribution in [0, 0.1) is 0 Å². The largest absolute Gasteiger partial charge is 0.481 e. The van der Waals surface area contributed by atoms with E-state index in [4.69, 9.17) is 14.9 Å². The molecule has 0 aromatic rings. The predicted octanol–water partition coefficient (Wildman–Crippen LogP) is -1.54. The van der Waals surface area contributed by atoms with Crippen molar-refractivity contribution in [2.45, 2.75) is 18.4 Å². The molecule has 1 atom stereocenters. The van der Waals surface area contributed by atoms with Crippen molar-refractivity contribution >= 4 is 23.9 Å². The van der Waals surface area contributed by atoms with Crippen molar-refractivity contribution in [3.8, 4) is 0 Å². The van der Waals surface area contributed by atoms with Gasteiger partial charge in [-0.05, 0) is 0 Å². The first-order valence-electron chi connectivity index (χ1n) is 6.65. The van der Waals surface area contributed by atoms with Crippen molar-refractivity contribution in [1.82, 2.24) is 0 Å². The predicted molar refractivity (Wildman–Crippen MR) is 74.3 cm³/mol. The van der Waals surface area contributed by atoms with Crippen LogP contribution in [0.25, 0.3) is 0 Å². The second-order valence-corrected chi connectivity index (χ2v) is 5.98. The van der Waals surface area contributed by atoms with E-state index in [0.29, 0.717) is 11.0 Å². The van der Waals surface area contributed by atoms with Crippen LogP contribution in [0.3, 0.4) is 0 Å². The Morgan fingerprint density at radius 1 is 0.957 bits per heavy atom. The van der Waals surface area contributed by atoms with E-state index in [9.17, 15) is 24.3 Å². The number of rotatable bonds is 10. The molecule has 0 aromatic heterocycles. The van der Waals surface area contributed by atoms with Gasteiger partial charge in [0.2, 0.25) is 0 Å². The molecule has 10 heteroatoms. The number of carbonyl (C=O) groups is 4. The van der Waals surface area contributed by atoms with Crippen LogP contribution < -0.4 is 0 Å². The lowest BCUT2D eigenvalue weighted by Crippen LogP contribution is -2.43. The summed E-state index contributed by atoms with van der Waals surface area (Å²) in [5.41, 5.74) is -2.80. The van der Waals surface area contributed by atoms with Crippen LogP contribution in [0.4, 0.5) is 0 Å². The molecular formula is C13H22NO9+. The van der Waals surface area contributed by atoms with Gasteiger partial charge in [0.1, 0.15) is 13.2 Å². The highest BCUT2D eigenvalue weighted by atomic mass is 16.6. The number of carbonyl (C=O) groups excluding carboxylic acids is 2. The van der Waals surface area contributed by atoms with Gasteiger partial charge in [-0.1, -0.05) is 0 Å². The lowest BCUT2D eigenvalue weighted by atomic mass is 9.96. The molecular weight excluding hydrogens is 314 g/mol. The third kappa shape index (κ3) is 9.42. The maximum Gasteiger partial charge on any atom is 0.344 e. The summed E-state index contributed by atoms with van der Waals surface area (Å²) in [6.45, 7) is -0.103. The van der Waals surface area contributed by atoms with Crippen LogP contribution in [-0.4, -0.2) is 90.2 Å². The van der Waals surface area contributed by atoms with Crippen molar-refractivity contribution in [2.24, 2.45) is 0 Å². The van der Waals surface area contributed by atoms with Gasteiger partial charge in [-0.3, -0.25) is 9.59 Å². The third-order valence-electron chi connectivity index (χ3n) is 2.65. The second-order valence-electron chi connectivity index (χ2n) is 5.98. The monoisotopic (exact) mass is 336 g/mol. The molecule has 0 spiro atoms. The second kappa shape index (κ2) is 8.44. The van der Waals surface area contributed by atoms with Gasteiger partial charge in [0, 0.05) is 0 Å². The Balaban J connectivity index is 4.30. The Labute approximate surface area is 132 Å². The lowest BCUT2D eigenvalue weighted by molar-refractivity contribution is -0.870. The molecule has 3 N–H and O–H groups in total. The quantitative estimate of drug-likeness (QED) is 0.319.